The Balaban J connectivity index is 1.95. The molecule has 1 fully saturated rings. The largest absolute Gasteiger partial charge is 0.470 e. The maximum absolute atomic E-state index is 11.9. The van der Waals surface area contributed by atoms with Gasteiger partial charge in [0.25, 0.3) is 0 Å². The van der Waals surface area contributed by atoms with Crippen LogP contribution in [0.4, 0.5) is 0 Å². The van der Waals surface area contributed by atoms with Gasteiger partial charge < -0.3 is 14.4 Å². The molecule has 0 aliphatic carbocycles. The molecule has 2 atom stereocenters. The van der Waals surface area contributed by atoms with Gasteiger partial charge in [0.2, 0.25) is 5.91 Å². The van der Waals surface area contributed by atoms with Gasteiger partial charge in [0.15, 0.2) is 6.23 Å². The lowest BCUT2D eigenvalue weighted by atomic mass is 9.93. The van der Waals surface area contributed by atoms with Crippen molar-refractivity contribution in [3.8, 4) is 5.75 Å². The van der Waals surface area contributed by atoms with Gasteiger partial charge >= 0.3 is 5.97 Å². The highest BCUT2D eigenvalue weighted by Gasteiger charge is 2.46. The number of nitrogens with zero attached hydrogens (tertiary/aromatic N) is 1. The zero-order valence-corrected chi connectivity index (χ0v) is 15.2. The van der Waals surface area contributed by atoms with Crippen molar-refractivity contribution in [3.05, 3.63) is 29.8 Å². The zero-order valence-electron chi connectivity index (χ0n) is 15.2. The molecule has 1 aliphatic heterocycles. The highest BCUT2D eigenvalue weighted by molar-refractivity contribution is 5.85. The van der Waals surface area contributed by atoms with Crippen LogP contribution >= 0.6 is 0 Å². The molecule has 0 radical (unpaired) electrons. The van der Waals surface area contributed by atoms with Gasteiger partial charge in [-0.1, -0.05) is 19.1 Å². The fraction of sp³-hybridized carbons (Fsp3) is 0.579. The van der Waals surface area contributed by atoms with Crippen molar-refractivity contribution in [2.75, 3.05) is 6.54 Å². The third kappa shape index (κ3) is 4.28. The number of β-lactam (4-membered cyclic amide) rings is 1. The minimum absolute atomic E-state index is 0.0635. The van der Waals surface area contributed by atoms with Crippen LogP contribution in [0.1, 0.15) is 46.6 Å². The highest BCUT2D eigenvalue weighted by atomic mass is 16.6. The average molecular weight is 333 g/mol. The molecule has 1 heterocycles. The third-order valence-electron chi connectivity index (χ3n) is 3.98. The number of amides is 1. The summed E-state index contributed by atoms with van der Waals surface area (Å²) in [6.07, 6.45) is 0.818. The molecular formula is C19H27NO4. The summed E-state index contributed by atoms with van der Waals surface area (Å²) in [5.41, 5.74) is 0.399. The SMILES string of the molecule is CCC1C(=O)N(CC)C1Oc1ccc(CC(=O)OC(C)(C)C)cc1. The molecule has 1 aromatic carbocycles. The van der Waals surface area contributed by atoms with Crippen LogP contribution in [0.3, 0.4) is 0 Å². The Morgan fingerprint density at radius 2 is 1.79 bits per heavy atom. The summed E-state index contributed by atoms with van der Waals surface area (Å²) in [6.45, 7) is 10.2. The summed E-state index contributed by atoms with van der Waals surface area (Å²) in [5, 5.41) is 0. The van der Waals surface area contributed by atoms with E-state index in [4.69, 9.17) is 9.47 Å². The Labute approximate surface area is 143 Å². The maximum Gasteiger partial charge on any atom is 0.310 e. The first kappa shape index (κ1) is 18.3. The number of hydrogen-bond donors (Lipinski definition) is 0. The third-order valence-corrected chi connectivity index (χ3v) is 3.98. The number of benzene rings is 1. The molecule has 0 N–H and O–H groups in total. The second-order valence-electron chi connectivity index (χ2n) is 7.05. The number of hydrogen-bond acceptors (Lipinski definition) is 4. The average Bonchev–Trinajstić information content (AvgIpc) is 2.47. The number of ether oxygens (including phenoxy) is 2. The molecule has 0 aromatic heterocycles. The van der Waals surface area contributed by atoms with E-state index in [2.05, 4.69) is 0 Å². The molecule has 1 aliphatic rings. The van der Waals surface area contributed by atoms with Crippen molar-refractivity contribution in [1.29, 1.82) is 0 Å². The van der Waals surface area contributed by atoms with Crippen LogP contribution < -0.4 is 4.74 Å². The van der Waals surface area contributed by atoms with Crippen molar-refractivity contribution >= 4 is 11.9 Å². The monoisotopic (exact) mass is 333 g/mol. The topological polar surface area (TPSA) is 55.8 Å². The van der Waals surface area contributed by atoms with Crippen molar-refractivity contribution in [2.24, 2.45) is 5.92 Å². The zero-order chi connectivity index (χ0) is 17.9. The van der Waals surface area contributed by atoms with Crippen molar-refractivity contribution in [2.45, 2.75) is 59.3 Å². The first-order valence-electron chi connectivity index (χ1n) is 8.53. The molecule has 24 heavy (non-hydrogen) atoms. The van der Waals surface area contributed by atoms with Crippen molar-refractivity contribution in [1.82, 2.24) is 4.90 Å². The Kier molecular flexibility index (Phi) is 5.52. The van der Waals surface area contributed by atoms with E-state index in [0.29, 0.717) is 12.3 Å². The van der Waals surface area contributed by atoms with Gasteiger partial charge in [0, 0.05) is 6.54 Å². The van der Waals surface area contributed by atoms with Crippen LogP contribution in [0.25, 0.3) is 0 Å². The fourth-order valence-corrected chi connectivity index (χ4v) is 2.82. The number of rotatable bonds is 6. The quantitative estimate of drug-likeness (QED) is 0.593. The van der Waals surface area contributed by atoms with E-state index in [1.807, 2.05) is 58.9 Å². The second-order valence-corrected chi connectivity index (χ2v) is 7.05. The van der Waals surface area contributed by atoms with Crippen LogP contribution in [0.15, 0.2) is 24.3 Å². The fourth-order valence-electron chi connectivity index (χ4n) is 2.82. The summed E-state index contributed by atoms with van der Waals surface area (Å²) in [4.78, 5) is 25.5. The standard InChI is InChI=1S/C19H27NO4/c1-6-15-17(22)20(7-2)18(15)23-14-10-8-13(9-11-14)12-16(21)24-19(3,4)5/h8-11,15,18H,6-7,12H2,1-5H3. The van der Waals surface area contributed by atoms with Gasteiger partial charge in [0.1, 0.15) is 11.4 Å². The van der Waals surface area contributed by atoms with Crippen LogP contribution in [0, 0.1) is 5.92 Å². The molecule has 132 valence electrons. The molecule has 2 rings (SSSR count). The van der Waals surface area contributed by atoms with E-state index in [1.54, 1.807) is 4.90 Å². The molecule has 5 heteroatoms. The van der Waals surface area contributed by atoms with Gasteiger partial charge in [-0.25, -0.2) is 0 Å². The number of carbonyl (C=O) groups is 2. The van der Waals surface area contributed by atoms with Crippen molar-refractivity contribution in [3.63, 3.8) is 0 Å². The highest BCUT2D eigenvalue weighted by Crippen LogP contribution is 2.31. The van der Waals surface area contributed by atoms with E-state index in [-0.39, 0.29) is 30.4 Å². The number of likely N-dealkylation sites (tertiary alicyclic amines) is 1. The van der Waals surface area contributed by atoms with Gasteiger partial charge in [-0.3, -0.25) is 9.59 Å². The van der Waals surface area contributed by atoms with Gasteiger partial charge in [-0.15, -0.1) is 0 Å². The summed E-state index contributed by atoms with van der Waals surface area (Å²) in [7, 11) is 0. The maximum atomic E-state index is 11.9. The normalized spacial score (nSPS) is 20.5. The molecule has 0 bridgehead atoms. The van der Waals surface area contributed by atoms with E-state index < -0.39 is 5.60 Å². The predicted molar refractivity (Wildman–Crippen MR) is 91.6 cm³/mol. The molecule has 1 saturated heterocycles. The van der Waals surface area contributed by atoms with Crippen LogP contribution in [0.5, 0.6) is 5.75 Å². The van der Waals surface area contributed by atoms with Gasteiger partial charge in [0.05, 0.1) is 12.3 Å². The van der Waals surface area contributed by atoms with Gasteiger partial charge in [-0.2, -0.15) is 0 Å². The lowest BCUT2D eigenvalue weighted by Crippen LogP contribution is -2.63. The second kappa shape index (κ2) is 7.24. The number of esters is 1. The van der Waals surface area contributed by atoms with Crippen LogP contribution in [0.2, 0.25) is 0 Å². The van der Waals surface area contributed by atoms with E-state index >= 15 is 0 Å². The van der Waals surface area contributed by atoms with Crippen molar-refractivity contribution < 1.29 is 19.1 Å². The number of carbonyl (C=O) groups excluding carboxylic acids is 2. The molecule has 2 unspecified atom stereocenters. The molecule has 1 amide bonds. The van der Waals surface area contributed by atoms with Crippen LogP contribution in [-0.2, 0) is 20.7 Å². The first-order chi connectivity index (χ1) is 11.2. The summed E-state index contributed by atoms with van der Waals surface area (Å²) in [6, 6.07) is 7.39. The van der Waals surface area contributed by atoms with Gasteiger partial charge in [-0.05, 0) is 51.8 Å². The Bertz CT molecular complexity index is 574. The molecule has 5 nitrogen and oxygen atoms in total. The Morgan fingerprint density at radius 3 is 2.29 bits per heavy atom. The Morgan fingerprint density at radius 1 is 1.17 bits per heavy atom. The molecule has 0 spiro atoms. The Hall–Kier alpha value is -2.04. The van der Waals surface area contributed by atoms with E-state index in [9.17, 15) is 9.59 Å². The summed E-state index contributed by atoms with van der Waals surface area (Å²) in [5.74, 6) is 0.555. The molecular weight excluding hydrogens is 306 g/mol. The summed E-state index contributed by atoms with van der Waals surface area (Å²) >= 11 is 0. The molecule has 1 aromatic rings. The smallest absolute Gasteiger partial charge is 0.310 e. The minimum Gasteiger partial charge on any atom is -0.470 e. The lowest BCUT2D eigenvalue weighted by molar-refractivity contribution is -0.176. The predicted octanol–water partition coefficient (Wildman–Crippen LogP) is 3.16. The van der Waals surface area contributed by atoms with E-state index in [0.717, 1.165) is 12.0 Å². The lowest BCUT2D eigenvalue weighted by Gasteiger charge is -2.45. The minimum atomic E-state index is -0.477. The van der Waals surface area contributed by atoms with Crippen LogP contribution in [-0.4, -0.2) is 35.2 Å². The first-order valence-corrected chi connectivity index (χ1v) is 8.53. The summed E-state index contributed by atoms with van der Waals surface area (Å²) < 4.78 is 11.3. The molecule has 0 saturated carbocycles. The van der Waals surface area contributed by atoms with E-state index in [1.165, 1.54) is 0 Å².